The molecule has 2 amide bonds. The minimum Gasteiger partial charge on any atom is -0.397 e. The van der Waals surface area contributed by atoms with E-state index in [2.05, 4.69) is 5.32 Å². The molecule has 1 aliphatic rings. The highest BCUT2D eigenvalue weighted by atomic mass is 32.1. The lowest BCUT2D eigenvalue weighted by molar-refractivity contribution is 0.0999. The summed E-state index contributed by atoms with van der Waals surface area (Å²) < 4.78 is 0. The molecule has 2 rings (SSSR count). The molecule has 19 heavy (non-hydrogen) atoms. The quantitative estimate of drug-likeness (QED) is 0.646. The summed E-state index contributed by atoms with van der Waals surface area (Å²) in [6.07, 6.45) is 4.85. The van der Waals surface area contributed by atoms with Gasteiger partial charge in [0.25, 0.3) is 11.8 Å². The molecule has 1 saturated carbocycles. The van der Waals surface area contributed by atoms with E-state index < -0.39 is 11.8 Å². The lowest BCUT2D eigenvalue weighted by Crippen LogP contribution is -2.17. The van der Waals surface area contributed by atoms with Gasteiger partial charge in [0.1, 0.15) is 9.88 Å². The fraction of sp³-hybridized carbons (Fsp3) is 0.500. The normalized spacial score (nSPS) is 15.6. The Kier molecular flexibility index (Phi) is 3.94. The average molecular weight is 282 g/mol. The van der Waals surface area contributed by atoms with Gasteiger partial charge in [-0.25, -0.2) is 0 Å². The topological polar surface area (TPSA) is 124 Å². The molecule has 0 atom stereocenters. The van der Waals surface area contributed by atoms with Crippen LogP contribution in [0.4, 0.5) is 10.7 Å². The van der Waals surface area contributed by atoms with Gasteiger partial charge in [0.05, 0.1) is 11.3 Å². The molecule has 0 aliphatic heterocycles. The minimum atomic E-state index is -0.643. The number of hydrogen-bond donors (Lipinski definition) is 4. The Morgan fingerprint density at radius 3 is 2.37 bits per heavy atom. The largest absolute Gasteiger partial charge is 0.397 e. The third-order valence-corrected chi connectivity index (χ3v) is 4.62. The van der Waals surface area contributed by atoms with Crippen LogP contribution in [-0.4, -0.2) is 18.4 Å². The smallest absolute Gasteiger partial charge is 0.260 e. The molecule has 7 N–H and O–H groups in total. The molecule has 0 saturated heterocycles. The average Bonchev–Trinajstić information content (AvgIpc) is 2.93. The number of nitrogens with two attached hydrogens (primary N) is 3. The van der Waals surface area contributed by atoms with E-state index in [1.807, 2.05) is 0 Å². The number of carbonyl (C=O) groups excluding carboxylic acids is 2. The predicted molar refractivity (Wildman–Crippen MR) is 76.2 cm³/mol. The van der Waals surface area contributed by atoms with Crippen molar-refractivity contribution in [2.24, 2.45) is 17.4 Å². The number of rotatable bonds is 5. The molecule has 104 valence electrons. The first-order chi connectivity index (χ1) is 9.00. The Morgan fingerprint density at radius 1 is 1.21 bits per heavy atom. The van der Waals surface area contributed by atoms with Gasteiger partial charge in [-0.15, -0.1) is 11.3 Å². The maximum Gasteiger partial charge on any atom is 0.260 e. The zero-order chi connectivity index (χ0) is 14.0. The molecular weight excluding hydrogens is 264 g/mol. The molecule has 0 spiro atoms. The summed E-state index contributed by atoms with van der Waals surface area (Å²) in [6, 6.07) is 0. The van der Waals surface area contributed by atoms with Gasteiger partial charge in [0.2, 0.25) is 0 Å². The molecule has 1 aromatic heterocycles. The molecule has 0 bridgehead atoms. The Morgan fingerprint density at radius 2 is 1.84 bits per heavy atom. The van der Waals surface area contributed by atoms with Crippen molar-refractivity contribution in [1.29, 1.82) is 0 Å². The van der Waals surface area contributed by atoms with Crippen molar-refractivity contribution < 1.29 is 9.59 Å². The zero-order valence-corrected chi connectivity index (χ0v) is 11.4. The highest BCUT2D eigenvalue weighted by molar-refractivity contribution is 7.19. The van der Waals surface area contributed by atoms with Crippen LogP contribution in [0.5, 0.6) is 0 Å². The SMILES string of the molecule is NC(=O)c1sc(NCC2CCCC2)c(C(N)=O)c1N. The molecule has 1 aliphatic carbocycles. The molecule has 0 unspecified atom stereocenters. The summed E-state index contributed by atoms with van der Waals surface area (Å²) in [4.78, 5) is 22.9. The fourth-order valence-electron chi connectivity index (χ4n) is 2.45. The van der Waals surface area contributed by atoms with E-state index in [-0.39, 0.29) is 16.1 Å². The van der Waals surface area contributed by atoms with Crippen LogP contribution in [0.25, 0.3) is 0 Å². The predicted octanol–water partition coefficient (Wildman–Crippen LogP) is 1.13. The van der Waals surface area contributed by atoms with Crippen LogP contribution in [0.1, 0.15) is 45.7 Å². The molecule has 0 radical (unpaired) electrons. The number of nitrogen functional groups attached to an aromatic ring is 1. The van der Waals surface area contributed by atoms with Crippen molar-refractivity contribution in [3.63, 3.8) is 0 Å². The van der Waals surface area contributed by atoms with Crippen LogP contribution in [0, 0.1) is 5.92 Å². The van der Waals surface area contributed by atoms with E-state index >= 15 is 0 Å². The molecular formula is C12H18N4O2S. The second-order valence-electron chi connectivity index (χ2n) is 4.81. The van der Waals surface area contributed by atoms with Crippen LogP contribution in [0.3, 0.4) is 0 Å². The van der Waals surface area contributed by atoms with E-state index in [0.29, 0.717) is 10.9 Å². The van der Waals surface area contributed by atoms with Crippen molar-refractivity contribution in [2.45, 2.75) is 25.7 Å². The summed E-state index contributed by atoms with van der Waals surface area (Å²) in [5.41, 5.74) is 16.6. The standard InChI is InChI=1S/C12H18N4O2S/c13-8-7(10(14)17)12(19-9(8)11(15)18)16-5-6-3-1-2-4-6/h6,16H,1-5,13H2,(H2,14,17)(H2,15,18). The second-order valence-corrected chi connectivity index (χ2v) is 5.83. The number of primary amides is 2. The van der Waals surface area contributed by atoms with Gasteiger partial charge in [-0.05, 0) is 18.8 Å². The fourth-order valence-corrected chi connectivity index (χ4v) is 3.43. The molecule has 0 aromatic carbocycles. The lowest BCUT2D eigenvalue weighted by Gasteiger charge is -2.11. The Hall–Kier alpha value is -1.76. The number of nitrogens with one attached hydrogen (secondary N) is 1. The molecule has 1 fully saturated rings. The molecule has 7 heteroatoms. The second kappa shape index (κ2) is 5.48. The van der Waals surface area contributed by atoms with E-state index in [0.717, 1.165) is 17.9 Å². The summed E-state index contributed by atoms with van der Waals surface area (Å²) in [7, 11) is 0. The first-order valence-electron chi connectivity index (χ1n) is 6.26. The van der Waals surface area contributed by atoms with Gasteiger partial charge >= 0.3 is 0 Å². The summed E-state index contributed by atoms with van der Waals surface area (Å²) in [5, 5.41) is 3.73. The molecule has 1 heterocycles. The Labute approximate surface area is 115 Å². The lowest BCUT2D eigenvalue weighted by atomic mass is 10.1. The first kappa shape index (κ1) is 13.7. The van der Waals surface area contributed by atoms with Crippen molar-refractivity contribution in [3.05, 3.63) is 10.4 Å². The third-order valence-electron chi connectivity index (χ3n) is 3.44. The van der Waals surface area contributed by atoms with E-state index in [1.165, 1.54) is 25.7 Å². The monoisotopic (exact) mass is 282 g/mol. The van der Waals surface area contributed by atoms with Gasteiger partial charge in [0, 0.05) is 6.54 Å². The minimum absolute atomic E-state index is 0.0823. The van der Waals surface area contributed by atoms with Gasteiger partial charge < -0.3 is 22.5 Å². The van der Waals surface area contributed by atoms with Gasteiger partial charge in [-0.3, -0.25) is 9.59 Å². The number of carbonyl (C=O) groups is 2. The third kappa shape index (κ3) is 2.81. The maximum atomic E-state index is 11.4. The van der Waals surface area contributed by atoms with Crippen LogP contribution in [-0.2, 0) is 0 Å². The highest BCUT2D eigenvalue weighted by Gasteiger charge is 2.24. The van der Waals surface area contributed by atoms with Crippen LogP contribution in [0.15, 0.2) is 0 Å². The van der Waals surface area contributed by atoms with Crippen molar-refractivity contribution >= 4 is 33.8 Å². The highest BCUT2D eigenvalue weighted by Crippen LogP contribution is 2.36. The number of thiophene rings is 1. The van der Waals surface area contributed by atoms with Gasteiger partial charge in [0.15, 0.2) is 0 Å². The van der Waals surface area contributed by atoms with Crippen molar-refractivity contribution in [1.82, 2.24) is 0 Å². The molecule has 6 nitrogen and oxygen atoms in total. The number of anilines is 2. The molecule has 1 aromatic rings. The number of hydrogen-bond acceptors (Lipinski definition) is 5. The van der Waals surface area contributed by atoms with Gasteiger partial charge in [-0.1, -0.05) is 12.8 Å². The number of amides is 2. The summed E-state index contributed by atoms with van der Waals surface area (Å²) in [6.45, 7) is 0.762. The van der Waals surface area contributed by atoms with Crippen LogP contribution in [0.2, 0.25) is 0 Å². The maximum absolute atomic E-state index is 11.4. The van der Waals surface area contributed by atoms with Crippen molar-refractivity contribution in [2.75, 3.05) is 17.6 Å². The summed E-state index contributed by atoms with van der Waals surface area (Å²) in [5.74, 6) is -0.685. The van der Waals surface area contributed by atoms with Crippen LogP contribution < -0.4 is 22.5 Å². The zero-order valence-electron chi connectivity index (χ0n) is 10.6. The van der Waals surface area contributed by atoms with E-state index in [4.69, 9.17) is 17.2 Å². The van der Waals surface area contributed by atoms with Crippen LogP contribution >= 0.6 is 11.3 Å². The van der Waals surface area contributed by atoms with Gasteiger partial charge in [-0.2, -0.15) is 0 Å². The van der Waals surface area contributed by atoms with Crippen molar-refractivity contribution in [3.8, 4) is 0 Å². The Bertz CT molecular complexity index is 506. The Balaban J connectivity index is 2.20. The first-order valence-corrected chi connectivity index (χ1v) is 7.08. The van der Waals surface area contributed by atoms with E-state index in [1.54, 1.807) is 0 Å². The summed E-state index contributed by atoms with van der Waals surface area (Å²) >= 11 is 1.09. The van der Waals surface area contributed by atoms with E-state index in [9.17, 15) is 9.59 Å².